The summed E-state index contributed by atoms with van der Waals surface area (Å²) in [5.41, 5.74) is 5.99. The molecule has 0 radical (unpaired) electrons. The second-order valence-electron chi connectivity index (χ2n) is 9.53. The molecule has 0 aliphatic rings. The van der Waals surface area contributed by atoms with E-state index in [1.54, 1.807) is 30.9 Å². The number of fused-ring (bicyclic) bond motifs is 3. The van der Waals surface area contributed by atoms with Gasteiger partial charge in [0.1, 0.15) is 5.76 Å². The van der Waals surface area contributed by atoms with E-state index in [0.29, 0.717) is 39.3 Å². The standard InChI is InChI=1S/C26H25F3N4O2S/c1-14-23(15(2)35-32-14)16-9-22-24(30-11-16)18-6-5-17(25(3,4)34)10-21(18)33(22)20(7-8-26(27,28)29)19-12-36-13-31-19/h5-6,9-13,20,34H,7-8H2,1-4H3/t20-/m1/s1. The maximum Gasteiger partial charge on any atom is 0.389 e. The number of halogens is 3. The number of thiazole rings is 1. The highest BCUT2D eigenvalue weighted by atomic mass is 32.1. The highest BCUT2D eigenvalue weighted by molar-refractivity contribution is 7.07. The first-order valence-electron chi connectivity index (χ1n) is 11.5. The fraction of sp³-hybridized carbons (Fsp3) is 0.346. The summed E-state index contributed by atoms with van der Waals surface area (Å²) < 4.78 is 47.4. The Balaban J connectivity index is 1.83. The minimum absolute atomic E-state index is 0.186. The topological polar surface area (TPSA) is 77.0 Å². The molecule has 0 fully saturated rings. The van der Waals surface area contributed by atoms with Crippen LogP contribution in [-0.2, 0) is 5.60 Å². The molecule has 36 heavy (non-hydrogen) atoms. The van der Waals surface area contributed by atoms with Crippen LogP contribution in [0.4, 0.5) is 13.2 Å². The first-order valence-corrected chi connectivity index (χ1v) is 12.4. The summed E-state index contributed by atoms with van der Waals surface area (Å²) >= 11 is 1.34. The molecule has 1 N–H and O–H groups in total. The Morgan fingerprint density at radius 1 is 1.11 bits per heavy atom. The lowest BCUT2D eigenvalue weighted by Crippen LogP contribution is -2.17. The molecule has 1 atom stereocenters. The lowest BCUT2D eigenvalue weighted by atomic mass is 9.97. The number of aryl methyl sites for hydroxylation is 2. The highest BCUT2D eigenvalue weighted by Gasteiger charge is 2.32. The Morgan fingerprint density at radius 2 is 1.89 bits per heavy atom. The van der Waals surface area contributed by atoms with E-state index in [1.165, 1.54) is 11.3 Å². The van der Waals surface area contributed by atoms with Crippen LogP contribution >= 0.6 is 11.3 Å². The van der Waals surface area contributed by atoms with E-state index in [2.05, 4.69) is 10.1 Å². The number of pyridine rings is 1. The third-order valence-corrected chi connectivity index (χ3v) is 7.08. The van der Waals surface area contributed by atoms with Gasteiger partial charge < -0.3 is 14.2 Å². The van der Waals surface area contributed by atoms with Gasteiger partial charge in [-0.05, 0) is 51.8 Å². The Hall–Kier alpha value is -3.24. The average Bonchev–Trinajstić information content (AvgIpc) is 3.51. The molecule has 188 valence electrons. The lowest BCUT2D eigenvalue weighted by Gasteiger charge is -2.22. The van der Waals surface area contributed by atoms with E-state index in [9.17, 15) is 18.3 Å². The van der Waals surface area contributed by atoms with Crippen LogP contribution in [0.15, 0.2) is 45.9 Å². The SMILES string of the molecule is Cc1noc(C)c1-c1cnc2c3ccc(C(C)(C)O)cc3n([C@H](CCC(F)(F)F)c3cscn3)c2c1. The Labute approximate surface area is 209 Å². The summed E-state index contributed by atoms with van der Waals surface area (Å²) in [6.07, 6.45) is -3.73. The van der Waals surface area contributed by atoms with Crippen molar-refractivity contribution >= 4 is 33.3 Å². The molecule has 0 aliphatic heterocycles. The largest absolute Gasteiger partial charge is 0.389 e. The average molecular weight is 515 g/mol. The summed E-state index contributed by atoms with van der Waals surface area (Å²) in [5.74, 6) is 0.633. The van der Waals surface area contributed by atoms with Crippen LogP contribution in [0.3, 0.4) is 0 Å². The summed E-state index contributed by atoms with van der Waals surface area (Å²) in [6.45, 7) is 7.00. The number of alkyl halides is 3. The zero-order valence-electron chi connectivity index (χ0n) is 20.2. The molecule has 6 nitrogen and oxygen atoms in total. The van der Waals surface area contributed by atoms with Crippen molar-refractivity contribution in [1.29, 1.82) is 0 Å². The van der Waals surface area contributed by atoms with Gasteiger partial charge >= 0.3 is 6.18 Å². The molecule has 5 aromatic rings. The van der Waals surface area contributed by atoms with E-state index >= 15 is 0 Å². The van der Waals surface area contributed by atoms with Crippen LogP contribution in [0, 0.1) is 13.8 Å². The van der Waals surface area contributed by atoms with Crippen LogP contribution < -0.4 is 0 Å². The minimum Gasteiger partial charge on any atom is -0.386 e. The summed E-state index contributed by atoms with van der Waals surface area (Å²) in [7, 11) is 0. The van der Waals surface area contributed by atoms with Crippen LogP contribution in [-0.4, -0.2) is 31.0 Å². The molecule has 10 heteroatoms. The fourth-order valence-electron chi connectivity index (χ4n) is 4.75. The lowest BCUT2D eigenvalue weighted by molar-refractivity contribution is -0.136. The maximum atomic E-state index is 13.4. The van der Waals surface area contributed by atoms with Crippen LogP contribution in [0.25, 0.3) is 33.1 Å². The van der Waals surface area contributed by atoms with Crippen molar-refractivity contribution < 1.29 is 22.8 Å². The predicted molar refractivity (Wildman–Crippen MR) is 133 cm³/mol. The number of hydrogen-bond acceptors (Lipinski definition) is 6. The molecule has 0 amide bonds. The molecule has 0 aliphatic carbocycles. The smallest absolute Gasteiger partial charge is 0.386 e. The second-order valence-corrected chi connectivity index (χ2v) is 10.3. The monoisotopic (exact) mass is 514 g/mol. The minimum atomic E-state index is -4.31. The molecule has 0 saturated carbocycles. The van der Waals surface area contributed by atoms with E-state index in [1.807, 2.05) is 42.7 Å². The number of benzene rings is 1. The number of aromatic nitrogens is 4. The van der Waals surface area contributed by atoms with Crippen molar-refractivity contribution in [2.45, 2.75) is 58.4 Å². The van der Waals surface area contributed by atoms with Crippen molar-refractivity contribution in [3.63, 3.8) is 0 Å². The summed E-state index contributed by atoms with van der Waals surface area (Å²) in [6, 6.07) is 6.76. The van der Waals surface area contributed by atoms with Crippen molar-refractivity contribution in [3.8, 4) is 11.1 Å². The quantitative estimate of drug-likeness (QED) is 0.262. The summed E-state index contributed by atoms with van der Waals surface area (Å²) in [4.78, 5) is 9.13. The third-order valence-electron chi connectivity index (χ3n) is 6.47. The second kappa shape index (κ2) is 8.70. The molecule has 5 rings (SSSR count). The predicted octanol–water partition coefficient (Wildman–Crippen LogP) is 7.08. The number of hydrogen-bond donors (Lipinski definition) is 1. The van der Waals surface area contributed by atoms with Gasteiger partial charge in [-0.2, -0.15) is 13.2 Å². The van der Waals surface area contributed by atoms with Crippen molar-refractivity contribution in [3.05, 3.63) is 64.1 Å². The van der Waals surface area contributed by atoms with Gasteiger partial charge in [-0.3, -0.25) is 4.98 Å². The molecule has 4 heterocycles. The van der Waals surface area contributed by atoms with Gasteiger partial charge in [0.05, 0.1) is 45.1 Å². The van der Waals surface area contributed by atoms with Gasteiger partial charge in [-0.1, -0.05) is 17.3 Å². The van der Waals surface area contributed by atoms with Crippen molar-refractivity contribution in [2.75, 3.05) is 0 Å². The molecule has 0 bridgehead atoms. The first-order chi connectivity index (χ1) is 16.9. The first kappa shape index (κ1) is 24.5. The van der Waals surface area contributed by atoms with E-state index < -0.39 is 24.2 Å². The number of aliphatic hydroxyl groups is 1. The number of nitrogens with zero attached hydrogens (tertiary/aromatic N) is 4. The summed E-state index contributed by atoms with van der Waals surface area (Å²) in [5, 5.41) is 17.3. The Kier molecular flexibility index (Phi) is 5.91. The van der Waals surface area contributed by atoms with Crippen LogP contribution in [0.1, 0.15) is 55.4 Å². The van der Waals surface area contributed by atoms with Crippen LogP contribution in [0.2, 0.25) is 0 Å². The van der Waals surface area contributed by atoms with E-state index in [4.69, 9.17) is 9.51 Å². The van der Waals surface area contributed by atoms with Gasteiger partial charge in [0, 0.05) is 34.5 Å². The molecular formula is C26H25F3N4O2S. The molecule has 0 spiro atoms. The maximum absolute atomic E-state index is 13.4. The normalized spacial score (nSPS) is 13.7. The number of rotatable bonds is 6. The molecule has 0 unspecified atom stereocenters. The van der Waals surface area contributed by atoms with Crippen molar-refractivity contribution in [1.82, 2.24) is 19.7 Å². The zero-order chi connectivity index (χ0) is 25.8. The van der Waals surface area contributed by atoms with E-state index in [0.717, 1.165) is 16.5 Å². The van der Waals surface area contributed by atoms with Crippen LogP contribution in [0.5, 0.6) is 0 Å². The fourth-order valence-corrected chi connectivity index (χ4v) is 5.35. The molecule has 0 saturated heterocycles. The molecule has 1 aromatic carbocycles. The van der Waals surface area contributed by atoms with Gasteiger partial charge in [-0.15, -0.1) is 11.3 Å². The molecule has 4 aromatic heterocycles. The zero-order valence-corrected chi connectivity index (χ0v) is 21.0. The third kappa shape index (κ3) is 4.39. The highest BCUT2D eigenvalue weighted by Crippen LogP contribution is 2.40. The van der Waals surface area contributed by atoms with Gasteiger partial charge in [0.2, 0.25) is 0 Å². The Bertz CT molecular complexity index is 1530. The van der Waals surface area contributed by atoms with Crippen molar-refractivity contribution in [2.24, 2.45) is 0 Å². The van der Waals surface area contributed by atoms with Gasteiger partial charge in [0.25, 0.3) is 0 Å². The van der Waals surface area contributed by atoms with Gasteiger partial charge in [-0.25, -0.2) is 4.98 Å². The molecular weight excluding hydrogens is 489 g/mol. The Morgan fingerprint density at radius 3 is 2.50 bits per heavy atom. The van der Waals surface area contributed by atoms with E-state index in [-0.39, 0.29) is 6.42 Å². The van der Waals surface area contributed by atoms with Gasteiger partial charge in [0.15, 0.2) is 0 Å².